The van der Waals surface area contributed by atoms with E-state index in [2.05, 4.69) is 0 Å². The van der Waals surface area contributed by atoms with Crippen LogP contribution in [0.3, 0.4) is 0 Å². The predicted octanol–water partition coefficient (Wildman–Crippen LogP) is 3.16. The van der Waals surface area contributed by atoms with E-state index >= 15 is 0 Å². The molecule has 1 aromatic carbocycles. The van der Waals surface area contributed by atoms with Gasteiger partial charge in [-0.15, -0.1) is 0 Å². The smallest absolute Gasteiger partial charge is 0.325 e. The molecule has 1 rings (SSSR count). The summed E-state index contributed by atoms with van der Waals surface area (Å²) >= 11 is 0. The molecule has 0 radical (unpaired) electrons. The third-order valence-electron chi connectivity index (χ3n) is 2.16. The number of benzene rings is 1. The average Bonchev–Trinajstić information content (AvgIpc) is 2.27. The van der Waals surface area contributed by atoms with Crippen molar-refractivity contribution < 1.29 is 35.9 Å². The second kappa shape index (κ2) is 5.62. The topological polar surface area (TPSA) is 58.2 Å². The highest BCUT2D eigenvalue weighted by Crippen LogP contribution is 2.34. The highest BCUT2D eigenvalue weighted by Gasteiger charge is 2.39. The summed E-state index contributed by atoms with van der Waals surface area (Å²) in [4.78, 5) is 21.7. The Bertz CT molecular complexity index is 565. The number of anilines is 2. The molecule has 10 heteroatoms. The SMILES string of the molecule is CC(=O)Nc1cc(C(F)(F)F)ccc1NC(=O)C(F)(F)F. The molecule has 0 saturated heterocycles. The van der Waals surface area contributed by atoms with E-state index < -0.39 is 41.1 Å². The van der Waals surface area contributed by atoms with Gasteiger partial charge in [-0.1, -0.05) is 0 Å². The zero-order valence-electron chi connectivity index (χ0n) is 10.3. The highest BCUT2D eigenvalue weighted by molar-refractivity contribution is 6.01. The molecule has 0 unspecified atom stereocenters. The van der Waals surface area contributed by atoms with Crippen molar-refractivity contribution in [1.29, 1.82) is 0 Å². The first kappa shape index (κ1) is 16.8. The van der Waals surface area contributed by atoms with E-state index in [9.17, 15) is 35.9 Å². The Morgan fingerprint density at radius 3 is 1.95 bits per heavy atom. The van der Waals surface area contributed by atoms with Gasteiger partial charge in [0.1, 0.15) is 0 Å². The van der Waals surface area contributed by atoms with E-state index in [1.165, 1.54) is 5.32 Å². The lowest BCUT2D eigenvalue weighted by molar-refractivity contribution is -0.167. The number of carbonyl (C=O) groups is 2. The summed E-state index contributed by atoms with van der Waals surface area (Å²) in [6.07, 6.45) is -9.96. The maximum absolute atomic E-state index is 12.5. The number of alkyl halides is 6. The van der Waals surface area contributed by atoms with E-state index in [4.69, 9.17) is 0 Å². The Morgan fingerprint density at radius 2 is 1.52 bits per heavy atom. The standard InChI is InChI=1S/C11H8F6N2O2/c1-5(20)18-8-4-6(10(12,13)14)2-3-7(8)19-9(21)11(15,16)17/h2-4H,1H3,(H,18,20)(H,19,21). The molecule has 0 fully saturated rings. The quantitative estimate of drug-likeness (QED) is 0.824. The molecule has 21 heavy (non-hydrogen) atoms. The van der Waals surface area contributed by atoms with Crippen LogP contribution in [0.2, 0.25) is 0 Å². The van der Waals surface area contributed by atoms with Crippen LogP contribution < -0.4 is 10.6 Å². The van der Waals surface area contributed by atoms with Crippen molar-refractivity contribution in [2.45, 2.75) is 19.3 Å². The van der Waals surface area contributed by atoms with Gasteiger partial charge in [0, 0.05) is 6.92 Å². The third kappa shape index (κ3) is 4.65. The average molecular weight is 314 g/mol. The number of hydrogen-bond donors (Lipinski definition) is 2. The molecular formula is C11H8F6N2O2. The molecule has 2 N–H and O–H groups in total. The zero-order chi connectivity index (χ0) is 16.4. The molecule has 2 amide bonds. The minimum Gasteiger partial charge on any atom is -0.325 e. The van der Waals surface area contributed by atoms with Crippen LogP contribution in [-0.2, 0) is 15.8 Å². The third-order valence-corrected chi connectivity index (χ3v) is 2.16. The molecule has 116 valence electrons. The van der Waals surface area contributed by atoms with Crippen LogP contribution in [0, 0.1) is 0 Å². The summed E-state index contributed by atoms with van der Waals surface area (Å²) in [5, 5.41) is 3.31. The summed E-state index contributed by atoms with van der Waals surface area (Å²) < 4.78 is 73.9. The maximum atomic E-state index is 12.5. The molecule has 4 nitrogen and oxygen atoms in total. The number of hydrogen-bond acceptors (Lipinski definition) is 2. The second-order valence-electron chi connectivity index (χ2n) is 3.89. The highest BCUT2D eigenvalue weighted by atomic mass is 19.4. The van der Waals surface area contributed by atoms with Gasteiger partial charge in [0.05, 0.1) is 16.9 Å². The minimum atomic E-state index is -5.21. The Balaban J connectivity index is 3.19. The van der Waals surface area contributed by atoms with Crippen LogP contribution in [0.1, 0.15) is 12.5 Å². The van der Waals surface area contributed by atoms with E-state index in [1.807, 2.05) is 5.32 Å². The lowest BCUT2D eigenvalue weighted by Crippen LogP contribution is -2.30. The van der Waals surface area contributed by atoms with Gasteiger partial charge in [-0.2, -0.15) is 26.3 Å². The van der Waals surface area contributed by atoms with Crippen molar-refractivity contribution in [3.05, 3.63) is 23.8 Å². The predicted molar refractivity (Wildman–Crippen MR) is 60.4 cm³/mol. The van der Waals surface area contributed by atoms with Gasteiger partial charge in [-0.25, -0.2) is 0 Å². The van der Waals surface area contributed by atoms with Crippen LogP contribution in [-0.4, -0.2) is 18.0 Å². The van der Waals surface area contributed by atoms with Gasteiger partial charge in [0.25, 0.3) is 0 Å². The maximum Gasteiger partial charge on any atom is 0.471 e. The van der Waals surface area contributed by atoms with E-state index in [-0.39, 0.29) is 0 Å². The largest absolute Gasteiger partial charge is 0.471 e. The van der Waals surface area contributed by atoms with Gasteiger partial charge in [0.15, 0.2) is 0 Å². The second-order valence-corrected chi connectivity index (χ2v) is 3.89. The summed E-state index contributed by atoms with van der Waals surface area (Å²) in [6.45, 7) is 0.954. The first-order valence-electron chi connectivity index (χ1n) is 5.28. The summed E-state index contributed by atoms with van der Waals surface area (Å²) in [5.74, 6) is -3.18. The van der Waals surface area contributed by atoms with Gasteiger partial charge in [-0.05, 0) is 18.2 Å². The van der Waals surface area contributed by atoms with Crippen molar-refractivity contribution in [3.63, 3.8) is 0 Å². The zero-order valence-corrected chi connectivity index (χ0v) is 10.3. The van der Waals surface area contributed by atoms with Crippen LogP contribution in [0.15, 0.2) is 18.2 Å². The first-order chi connectivity index (χ1) is 9.41. The van der Waals surface area contributed by atoms with Crippen LogP contribution in [0.5, 0.6) is 0 Å². The lowest BCUT2D eigenvalue weighted by atomic mass is 10.1. The van der Waals surface area contributed by atoms with Crippen LogP contribution in [0.25, 0.3) is 0 Å². The Labute approximate surface area is 114 Å². The number of rotatable bonds is 2. The van der Waals surface area contributed by atoms with Gasteiger partial charge in [0.2, 0.25) is 5.91 Å². The monoisotopic (exact) mass is 314 g/mol. The molecule has 0 aliphatic carbocycles. The van der Waals surface area contributed by atoms with E-state index in [1.54, 1.807) is 0 Å². The Morgan fingerprint density at radius 1 is 0.952 bits per heavy atom. The van der Waals surface area contributed by atoms with Crippen molar-refractivity contribution >= 4 is 23.2 Å². The van der Waals surface area contributed by atoms with Gasteiger partial charge >= 0.3 is 18.3 Å². The summed E-state index contributed by atoms with van der Waals surface area (Å²) in [7, 11) is 0. The number of amides is 2. The Hall–Kier alpha value is -2.26. The molecule has 0 bridgehead atoms. The summed E-state index contributed by atoms with van der Waals surface area (Å²) in [5.41, 5.74) is -2.37. The van der Waals surface area contributed by atoms with Crippen molar-refractivity contribution in [3.8, 4) is 0 Å². The molecule has 0 aromatic heterocycles. The molecule has 0 heterocycles. The fraction of sp³-hybridized carbons (Fsp3) is 0.273. The van der Waals surface area contributed by atoms with Crippen LogP contribution in [0.4, 0.5) is 37.7 Å². The molecule has 0 aliphatic heterocycles. The minimum absolute atomic E-state index is 0.424. The van der Waals surface area contributed by atoms with Crippen molar-refractivity contribution in [2.75, 3.05) is 10.6 Å². The van der Waals surface area contributed by atoms with E-state index in [0.717, 1.165) is 6.92 Å². The molecule has 0 saturated carbocycles. The summed E-state index contributed by atoms with van der Waals surface area (Å²) in [6, 6.07) is 1.53. The number of carbonyl (C=O) groups excluding carboxylic acids is 2. The Kier molecular flexibility index (Phi) is 4.49. The number of nitrogens with one attached hydrogen (secondary N) is 2. The van der Waals surface area contributed by atoms with Crippen molar-refractivity contribution in [2.24, 2.45) is 0 Å². The molecular weight excluding hydrogens is 306 g/mol. The number of halogens is 6. The fourth-order valence-electron chi connectivity index (χ4n) is 1.32. The molecule has 1 aromatic rings. The molecule has 0 atom stereocenters. The van der Waals surface area contributed by atoms with Crippen molar-refractivity contribution in [1.82, 2.24) is 0 Å². The lowest BCUT2D eigenvalue weighted by Gasteiger charge is -2.15. The van der Waals surface area contributed by atoms with Gasteiger partial charge in [-0.3, -0.25) is 9.59 Å². The molecule has 0 spiro atoms. The van der Waals surface area contributed by atoms with E-state index in [0.29, 0.717) is 18.2 Å². The first-order valence-corrected chi connectivity index (χ1v) is 5.28. The molecule has 0 aliphatic rings. The van der Waals surface area contributed by atoms with Gasteiger partial charge < -0.3 is 10.6 Å². The van der Waals surface area contributed by atoms with Crippen LogP contribution >= 0.6 is 0 Å². The normalized spacial score (nSPS) is 12.0. The fourth-order valence-corrected chi connectivity index (χ4v) is 1.32.